The van der Waals surface area contributed by atoms with Gasteiger partial charge in [0.25, 0.3) is 0 Å². The smallest absolute Gasteiger partial charge is 0.114 e. The summed E-state index contributed by atoms with van der Waals surface area (Å²) >= 11 is 1.54. The monoisotopic (exact) mass is 117 g/mol. The first-order valence-electron chi connectivity index (χ1n) is 2.03. The van der Waals surface area contributed by atoms with E-state index in [2.05, 4.69) is 9.82 Å². The maximum absolute atomic E-state index is 3.89. The first kappa shape index (κ1) is 4.93. The van der Waals surface area contributed by atoms with Crippen LogP contribution in [-0.4, -0.2) is 24.3 Å². The molecule has 0 aromatic rings. The molecule has 1 aliphatic rings. The van der Waals surface area contributed by atoms with E-state index >= 15 is 0 Å². The summed E-state index contributed by atoms with van der Waals surface area (Å²) in [5.74, 6) is 0.927. The number of nitrogens with zero attached hydrogens (tertiary/aromatic N) is 2. The van der Waals surface area contributed by atoms with Gasteiger partial charge in [0.1, 0.15) is 12.2 Å². The molecule has 0 amide bonds. The molecule has 1 aliphatic heterocycles. The highest BCUT2D eigenvalue weighted by Gasteiger charge is 1.99. The van der Waals surface area contributed by atoms with Crippen molar-refractivity contribution in [3.05, 3.63) is 0 Å². The Morgan fingerprint density at radius 1 is 2.00 bits per heavy atom. The van der Waals surface area contributed by atoms with Gasteiger partial charge in [-0.15, -0.1) is 0 Å². The van der Waals surface area contributed by atoms with Crippen LogP contribution in [0.25, 0.3) is 0 Å². The van der Waals surface area contributed by atoms with Gasteiger partial charge in [-0.1, -0.05) is 0 Å². The van der Waals surface area contributed by atoms with Crippen molar-refractivity contribution in [2.75, 3.05) is 12.9 Å². The van der Waals surface area contributed by atoms with Gasteiger partial charge in [0.2, 0.25) is 0 Å². The third-order valence-corrected chi connectivity index (χ3v) is 1.38. The summed E-state index contributed by atoms with van der Waals surface area (Å²) in [5.41, 5.74) is 2.93. The fourth-order valence-electron chi connectivity index (χ4n) is 0.341. The Balaban J connectivity index is 2.28. The second kappa shape index (κ2) is 2.18. The molecule has 7 heavy (non-hydrogen) atoms. The van der Waals surface area contributed by atoms with E-state index in [9.17, 15) is 0 Å². The molecular formula is C3H7N3S. The van der Waals surface area contributed by atoms with Crippen molar-refractivity contribution < 1.29 is 0 Å². The van der Waals surface area contributed by atoms with Gasteiger partial charge in [-0.3, -0.25) is 5.01 Å². The second-order valence-corrected chi connectivity index (χ2v) is 1.90. The van der Waals surface area contributed by atoms with E-state index in [-0.39, 0.29) is 0 Å². The Labute approximate surface area is 46.9 Å². The molecule has 0 radical (unpaired) electrons. The molecular weight excluding hydrogens is 110 g/mol. The van der Waals surface area contributed by atoms with Gasteiger partial charge in [-0.25, -0.2) is 9.82 Å². The topological polar surface area (TPSA) is 27.6 Å². The molecule has 0 fully saturated rings. The van der Waals surface area contributed by atoms with E-state index in [4.69, 9.17) is 0 Å². The lowest BCUT2D eigenvalue weighted by Gasteiger charge is -2.07. The van der Waals surface area contributed by atoms with Crippen molar-refractivity contribution in [3.8, 4) is 0 Å². The standard InChI is InChI=1S/C3H7N3S/c1-4-6-2-5-7-3-6/h2,4H,3H2,1H3. The SMILES string of the molecule is CNN1C=NSC1. The predicted octanol–water partition coefficient (Wildman–Crippen LogP) is 0.0704. The van der Waals surface area contributed by atoms with Crippen molar-refractivity contribution in [2.24, 2.45) is 4.40 Å². The molecule has 40 valence electrons. The van der Waals surface area contributed by atoms with E-state index < -0.39 is 0 Å². The molecule has 0 atom stereocenters. The zero-order valence-electron chi connectivity index (χ0n) is 4.09. The normalized spacial score (nSPS) is 18.7. The summed E-state index contributed by atoms with van der Waals surface area (Å²) in [6.07, 6.45) is 1.77. The maximum Gasteiger partial charge on any atom is 0.114 e. The third-order valence-electron chi connectivity index (χ3n) is 0.745. The van der Waals surface area contributed by atoms with Crippen LogP contribution in [0.1, 0.15) is 0 Å². The van der Waals surface area contributed by atoms with Crippen LogP contribution >= 0.6 is 11.9 Å². The second-order valence-electron chi connectivity index (χ2n) is 1.17. The molecule has 3 nitrogen and oxygen atoms in total. The van der Waals surface area contributed by atoms with Gasteiger partial charge in [-0.05, 0) is 11.9 Å². The minimum Gasteiger partial charge on any atom is -0.286 e. The summed E-state index contributed by atoms with van der Waals surface area (Å²) in [6.45, 7) is 0. The van der Waals surface area contributed by atoms with Crippen LogP contribution in [-0.2, 0) is 0 Å². The summed E-state index contributed by atoms with van der Waals surface area (Å²) in [5, 5.41) is 1.91. The lowest BCUT2D eigenvalue weighted by Crippen LogP contribution is -2.30. The van der Waals surface area contributed by atoms with Crippen molar-refractivity contribution >= 4 is 18.3 Å². The van der Waals surface area contributed by atoms with Crippen LogP contribution in [0.4, 0.5) is 0 Å². The molecule has 0 saturated carbocycles. The van der Waals surface area contributed by atoms with Crippen LogP contribution in [0.2, 0.25) is 0 Å². The van der Waals surface area contributed by atoms with Gasteiger partial charge < -0.3 is 0 Å². The molecule has 0 unspecified atom stereocenters. The Bertz CT molecular complexity index is 82.2. The molecule has 1 N–H and O–H groups in total. The van der Waals surface area contributed by atoms with Crippen molar-refractivity contribution in [2.45, 2.75) is 0 Å². The minimum atomic E-state index is 0.927. The van der Waals surface area contributed by atoms with E-state index in [1.807, 2.05) is 12.1 Å². The first-order valence-corrected chi connectivity index (χ1v) is 2.97. The minimum absolute atomic E-state index is 0.927. The van der Waals surface area contributed by atoms with Crippen LogP contribution in [0.15, 0.2) is 4.40 Å². The van der Waals surface area contributed by atoms with Gasteiger partial charge in [0.15, 0.2) is 0 Å². The molecule has 4 heteroatoms. The Morgan fingerprint density at radius 3 is 3.14 bits per heavy atom. The van der Waals surface area contributed by atoms with E-state index in [0.29, 0.717) is 0 Å². The summed E-state index contributed by atoms with van der Waals surface area (Å²) in [4.78, 5) is 0. The Hall–Kier alpha value is -0.220. The fourth-order valence-corrected chi connectivity index (χ4v) is 0.909. The predicted molar refractivity (Wildman–Crippen MR) is 31.8 cm³/mol. The molecule has 0 aromatic heterocycles. The highest BCUT2D eigenvalue weighted by atomic mass is 32.2. The maximum atomic E-state index is 3.89. The van der Waals surface area contributed by atoms with Gasteiger partial charge in [0, 0.05) is 7.05 Å². The quantitative estimate of drug-likeness (QED) is 0.492. The molecule has 0 bridgehead atoms. The number of nitrogens with one attached hydrogen (secondary N) is 1. The molecule has 0 aliphatic carbocycles. The molecule has 0 aromatic carbocycles. The Morgan fingerprint density at radius 2 is 2.86 bits per heavy atom. The molecule has 0 spiro atoms. The van der Waals surface area contributed by atoms with Gasteiger partial charge >= 0.3 is 0 Å². The summed E-state index contributed by atoms with van der Waals surface area (Å²) in [7, 11) is 1.87. The largest absolute Gasteiger partial charge is 0.286 e. The first-order chi connectivity index (χ1) is 3.43. The molecule has 1 rings (SSSR count). The molecule has 1 heterocycles. The van der Waals surface area contributed by atoms with Gasteiger partial charge in [0.05, 0.1) is 0 Å². The lowest BCUT2D eigenvalue weighted by molar-refractivity contribution is 0.413. The lowest BCUT2D eigenvalue weighted by atomic mass is 11.1. The average Bonchev–Trinajstić information content (AvgIpc) is 2.14. The van der Waals surface area contributed by atoms with Crippen molar-refractivity contribution in [3.63, 3.8) is 0 Å². The third kappa shape index (κ3) is 1.07. The van der Waals surface area contributed by atoms with E-state index in [1.54, 1.807) is 6.34 Å². The van der Waals surface area contributed by atoms with Crippen LogP contribution in [0, 0.1) is 0 Å². The fraction of sp³-hybridized carbons (Fsp3) is 0.667. The van der Waals surface area contributed by atoms with E-state index in [0.717, 1.165) is 5.88 Å². The van der Waals surface area contributed by atoms with E-state index in [1.165, 1.54) is 11.9 Å². The zero-order chi connectivity index (χ0) is 5.11. The molecule has 0 saturated heterocycles. The van der Waals surface area contributed by atoms with Crippen molar-refractivity contribution in [1.29, 1.82) is 0 Å². The highest BCUT2D eigenvalue weighted by molar-refractivity contribution is 7.98. The number of hydrazine groups is 1. The van der Waals surface area contributed by atoms with Crippen molar-refractivity contribution in [1.82, 2.24) is 10.4 Å². The van der Waals surface area contributed by atoms with Crippen LogP contribution in [0.5, 0.6) is 0 Å². The van der Waals surface area contributed by atoms with Gasteiger partial charge in [-0.2, -0.15) is 0 Å². The average molecular weight is 117 g/mol. The van der Waals surface area contributed by atoms with Crippen LogP contribution in [0.3, 0.4) is 0 Å². The van der Waals surface area contributed by atoms with Crippen LogP contribution < -0.4 is 5.43 Å². The number of rotatable bonds is 1. The number of hydrogen-bond donors (Lipinski definition) is 1. The Kier molecular flexibility index (Phi) is 1.54. The number of hydrogen-bond acceptors (Lipinski definition) is 4. The zero-order valence-corrected chi connectivity index (χ0v) is 4.90. The highest BCUT2D eigenvalue weighted by Crippen LogP contribution is 2.07. The summed E-state index contributed by atoms with van der Waals surface area (Å²) in [6, 6.07) is 0. The summed E-state index contributed by atoms with van der Waals surface area (Å²) < 4.78 is 3.89.